The van der Waals surface area contributed by atoms with Gasteiger partial charge in [0, 0.05) is 25.9 Å². The number of nitrogens with zero attached hydrogens (tertiary/aromatic N) is 1. The number of thioether (sulfide) groups is 1. The van der Waals surface area contributed by atoms with Crippen LogP contribution in [0.5, 0.6) is 5.75 Å². The van der Waals surface area contributed by atoms with Crippen LogP contribution in [0.2, 0.25) is 0 Å². The zero-order chi connectivity index (χ0) is 31.9. The van der Waals surface area contributed by atoms with E-state index in [1.54, 1.807) is 78.4 Å². The molecule has 0 saturated heterocycles. The molecule has 1 heterocycles. The number of carbonyl (C=O) groups is 3. The normalized spacial score (nSPS) is 12.0. The molecule has 0 aromatic heterocycles. The molecule has 46 heavy (non-hydrogen) atoms. The van der Waals surface area contributed by atoms with Crippen molar-refractivity contribution in [1.29, 1.82) is 0 Å². The number of amides is 3. The number of benzene rings is 5. The molecule has 7 nitrogen and oxygen atoms in total. The molecule has 9 heteroatoms. The highest BCUT2D eigenvalue weighted by molar-refractivity contribution is 8.00. The van der Waals surface area contributed by atoms with Gasteiger partial charge in [-0.2, -0.15) is 0 Å². The van der Waals surface area contributed by atoms with E-state index in [1.807, 2.05) is 78.9 Å². The summed E-state index contributed by atoms with van der Waals surface area (Å²) in [5.41, 5.74) is 3.50. The summed E-state index contributed by atoms with van der Waals surface area (Å²) >= 11 is 3.09. The molecule has 0 unspecified atom stereocenters. The first-order chi connectivity index (χ1) is 22.5. The molecule has 0 radical (unpaired) electrons. The number of hydrogen-bond donors (Lipinski definition) is 2. The van der Waals surface area contributed by atoms with Crippen LogP contribution in [0.25, 0.3) is 6.08 Å². The molecule has 3 amide bonds. The molecular formula is C37H29N3O4S2. The third kappa shape index (κ3) is 7.17. The molecule has 0 bridgehead atoms. The van der Waals surface area contributed by atoms with Gasteiger partial charge >= 0.3 is 0 Å². The Hall–Kier alpha value is -5.25. The zero-order valence-corrected chi connectivity index (χ0v) is 26.4. The van der Waals surface area contributed by atoms with Gasteiger partial charge in [-0.05, 0) is 84.4 Å². The van der Waals surface area contributed by atoms with Crippen molar-refractivity contribution in [3.63, 3.8) is 0 Å². The summed E-state index contributed by atoms with van der Waals surface area (Å²) in [5, 5.41) is 5.62. The van der Waals surface area contributed by atoms with Crippen molar-refractivity contribution in [3.8, 4) is 5.75 Å². The average Bonchev–Trinajstić information content (AvgIpc) is 3.10. The molecule has 5 aromatic rings. The first-order valence-corrected chi connectivity index (χ1v) is 16.2. The highest BCUT2D eigenvalue weighted by atomic mass is 32.2. The number of hydrogen-bond acceptors (Lipinski definition) is 6. The summed E-state index contributed by atoms with van der Waals surface area (Å²) in [6, 6.07) is 39.0. The Balaban J connectivity index is 1.14. The second-order valence-corrected chi connectivity index (χ2v) is 12.3. The van der Waals surface area contributed by atoms with E-state index in [9.17, 15) is 14.4 Å². The fourth-order valence-electron chi connectivity index (χ4n) is 4.86. The van der Waals surface area contributed by atoms with Gasteiger partial charge in [0.2, 0.25) is 5.91 Å². The second-order valence-electron chi connectivity index (χ2n) is 10.2. The number of fused-ring (bicyclic) bond motifs is 2. The Morgan fingerprint density at radius 1 is 0.783 bits per heavy atom. The van der Waals surface area contributed by atoms with E-state index in [2.05, 4.69) is 10.6 Å². The fraction of sp³-hybridized carbons (Fsp3) is 0.0541. The second kappa shape index (κ2) is 14.2. The Labute approximate surface area is 275 Å². The van der Waals surface area contributed by atoms with Crippen molar-refractivity contribution in [2.24, 2.45) is 0 Å². The monoisotopic (exact) mass is 643 g/mol. The number of para-hydroxylation sites is 2. The minimum Gasteiger partial charge on any atom is -0.497 e. The molecule has 228 valence electrons. The van der Waals surface area contributed by atoms with Crippen molar-refractivity contribution < 1.29 is 19.1 Å². The molecule has 0 atom stereocenters. The molecule has 6 rings (SSSR count). The molecule has 0 fully saturated rings. The molecule has 1 aliphatic heterocycles. The minimum absolute atomic E-state index is 0.0240. The largest absolute Gasteiger partial charge is 0.497 e. The first kappa shape index (κ1) is 30.8. The predicted molar refractivity (Wildman–Crippen MR) is 185 cm³/mol. The minimum atomic E-state index is -0.483. The standard InChI is InChI=1S/C37H29N3O4S2/c1-44-28-13-9-10-25(22-28)23-30(39-36(42)26-11-3-2-4-12-26)37(43)38-27-18-20-29(21-19-27)45-24-35(41)40-31-14-5-7-16-33(31)46-34-17-8-6-15-32(34)40/h2-23H,24H2,1H3,(H,38,43)(H,39,42)/b30-23-. The molecule has 2 N–H and O–H groups in total. The van der Waals surface area contributed by atoms with Gasteiger partial charge in [0.15, 0.2) is 0 Å². The summed E-state index contributed by atoms with van der Waals surface area (Å²) in [6.07, 6.45) is 1.60. The lowest BCUT2D eigenvalue weighted by Gasteiger charge is -2.31. The molecule has 5 aromatic carbocycles. The van der Waals surface area contributed by atoms with Gasteiger partial charge in [0.05, 0.1) is 24.2 Å². The quantitative estimate of drug-likeness (QED) is 0.125. The van der Waals surface area contributed by atoms with E-state index in [-0.39, 0.29) is 17.4 Å². The summed E-state index contributed by atoms with van der Waals surface area (Å²) in [7, 11) is 1.57. The van der Waals surface area contributed by atoms with Crippen molar-refractivity contribution in [2.45, 2.75) is 14.7 Å². The lowest BCUT2D eigenvalue weighted by molar-refractivity contribution is -0.115. The highest BCUT2D eigenvalue weighted by Gasteiger charge is 2.27. The van der Waals surface area contributed by atoms with Crippen molar-refractivity contribution >= 4 is 64.4 Å². The van der Waals surface area contributed by atoms with Gasteiger partial charge in [-0.3, -0.25) is 19.3 Å². The van der Waals surface area contributed by atoms with Crippen LogP contribution < -0.4 is 20.3 Å². The Bertz CT molecular complexity index is 1880. The van der Waals surface area contributed by atoms with Gasteiger partial charge in [0.25, 0.3) is 11.8 Å². The SMILES string of the molecule is COc1cccc(/C=C(\NC(=O)c2ccccc2)C(=O)Nc2ccc(SCC(=O)N3c4ccccc4Sc4ccccc43)cc2)c1. The smallest absolute Gasteiger partial charge is 0.272 e. The molecular weight excluding hydrogens is 615 g/mol. The molecule has 0 saturated carbocycles. The van der Waals surface area contributed by atoms with E-state index >= 15 is 0 Å². The van der Waals surface area contributed by atoms with Crippen LogP contribution in [-0.2, 0) is 9.59 Å². The zero-order valence-electron chi connectivity index (χ0n) is 24.8. The van der Waals surface area contributed by atoms with E-state index in [0.717, 1.165) is 26.1 Å². The van der Waals surface area contributed by atoms with Crippen LogP contribution >= 0.6 is 23.5 Å². The Kier molecular flexibility index (Phi) is 9.52. The first-order valence-electron chi connectivity index (χ1n) is 14.4. The van der Waals surface area contributed by atoms with E-state index < -0.39 is 11.8 Å². The topological polar surface area (TPSA) is 87.7 Å². The van der Waals surface area contributed by atoms with Crippen LogP contribution in [0.3, 0.4) is 0 Å². The van der Waals surface area contributed by atoms with Crippen molar-refractivity contribution in [3.05, 3.63) is 144 Å². The number of carbonyl (C=O) groups excluding carboxylic acids is 3. The maximum absolute atomic E-state index is 13.6. The van der Waals surface area contributed by atoms with Crippen molar-refractivity contribution in [2.75, 3.05) is 23.1 Å². The van der Waals surface area contributed by atoms with Gasteiger partial charge < -0.3 is 15.4 Å². The molecule has 0 aliphatic carbocycles. The number of ether oxygens (including phenoxy) is 1. The van der Waals surface area contributed by atoms with E-state index in [0.29, 0.717) is 22.6 Å². The summed E-state index contributed by atoms with van der Waals surface area (Å²) in [5.74, 6) is -0.0502. The number of nitrogens with one attached hydrogen (secondary N) is 2. The van der Waals surface area contributed by atoms with Crippen LogP contribution in [0.15, 0.2) is 148 Å². The fourth-order valence-corrected chi connectivity index (χ4v) is 6.66. The Morgan fingerprint density at radius 3 is 2.11 bits per heavy atom. The third-order valence-corrected chi connectivity index (χ3v) is 9.22. The molecule has 1 aliphatic rings. The molecule has 0 spiro atoms. The van der Waals surface area contributed by atoms with Gasteiger partial charge in [-0.25, -0.2) is 0 Å². The number of rotatable bonds is 9. The maximum atomic E-state index is 13.6. The summed E-state index contributed by atoms with van der Waals surface area (Å²) in [6.45, 7) is 0. The predicted octanol–water partition coefficient (Wildman–Crippen LogP) is 8.03. The summed E-state index contributed by atoms with van der Waals surface area (Å²) in [4.78, 5) is 44.7. The average molecular weight is 644 g/mol. The third-order valence-electron chi connectivity index (χ3n) is 7.09. The van der Waals surface area contributed by atoms with Crippen LogP contribution in [0.4, 0.5) is 17.1 Å². The Morgan fingerprint density at radius 2 is 1.43 bits per heavy atom. The van der Waals surface area contributed by atoms with Crippen molar-refractivity contribution in [1.82, 2.24) is 5.32 Å². The van der Waals surface area contributed by atoms with E-state index in [1.165, 1.54) is 11.8 Å². The van der Waals surface area contributed by atoms with Gasteiger partial charge in [-0.15, -0.1) is 11.8 Å². The number of anilines is 3. The van der Waals surface area contributed by atoms with Crippen LogP contribution in [0.1, 0.15) is 15.9 Å². The lowest BCUT2D eigenvalue weighted by Crippen LogP contribution is -2.30. The number of methoxy groups -OCH3 is 1. The van der Waals surface area contributed by atoms with Crippen LogP contribution in [0, 0.1) is 0 Å². The van der Waals surface area contributed by atoms with Gasteiger partial charge in [-0.1, -0.05) is 66.4 Å². The maximum Gasteiger partial charge on any atom is 0.272 e. The summed E-state index contributed by atoms with van der Waals surface area (Å²) < 4.78 is 5.31. The van der Waals surface area contributed by atoms with Gasteiger partial charge in [0.1, 0.15) is 11.4 Å². The van der Waals surface area contributed by atoms with Crippen LogP contribution in [-0.4, -0.2) is 30.6 Å². The van der Waals surface area contributed by atoms with E-state index in [4.69, 9.17) is 4.74 Å². The highest BCUT2D eigenvalue weighted by Crippen LogP contribution is 2.48. The lowest BCUT2D eigenvalue weighted by atomic mass is 10.1.